The molecule has 0 saturated heterocycles. The molecule has 0 aromatic heterocycles. The molecule has 1 aromatic rings. The third kappa shape index (κ3) is 5.84. The largest absolute Gasteiger partial charge is 2.00 e. The zero-order valence-corrected chi connectivity index (χ0v) is 23.8. The van der Waals surface area contributed by atoms with Crippen molar-refractivity contribution >= 4 is 29.0 Å². The molecule has 0 aliphatic carbocycles. The molecule has 0 N–H and O–H groups in total. The number of ether oxygens (including phenoxy) is 3. The minimum atomic E-state index is -1.93. The summed E-state index contributed by atoms with van der Waals surface area (Å²) in [5.41, 5.74) is 0.0355. The monoisotopic (exact) mass is 507 g/mol. The van der Waals surface area contributed by atoms with Crippen molar-refractivity contribution in [2.45, 2.75) is 65.1 Å². The van der Waals surface area contributed by atoms with Gasteiger partial charge in [-0.25, -0.2) is 0 Å². The minimum absolute atomic E-state index is 0. The maximum atomic E-state index is 8.80. The first kappa shape index (κ1) is 27.5. The van der Waals surface area contributed by atoms with Gasteiger partial charge in [0.25, 0.3) is 6.15 Å². The number of hydrogen-bond donors (Lipinski definition) is 0. The van der Waals surface area contributed by atoms with Crippen molar-refractivity contribution < 1.29 is 43.8 Å². The third-order valence-corrected chi connectivity index (χ3v) is 5.49. The molecule has 3 heterocycles. The average Bonchev–Trinajstić information content (AvgIpc) is 3.40. The summed E-state index contributed by atoms with van der Waals surface area (Å²) in [6.07, 6.45) is -1.93. The fraction of sp³-hybridized carbons (Fsp3) is 0.609. The van der Waals surface area contributed by atoms with Crippen molar-refractivity contribution in [3.63, 3.8) is 0 Å². The van der Waals surface area contributed by atoms with Gasteiger partial charge in [-0.2, -0.15) is 5.46 Å². The van der Waals surface area contributed by atoms with Gasteiger partial charge in [0, 0.05) is 24.0 Å². The van der Waals surface area contributed by atoms with Crippen LogP contribution in [0.15, 0.2) is 45.3 Å². The summed E-state index contributed by atoms with van der Waals surface area (Å²) >= 11 is 0. The van der Waals surface area contributed by atoms with Gasteiger partial charge >= 0.3 is 19.5 Å². The summed E-state index contributed by atoms with van der Waals surface area (Å²) in [5, 5.41) is 8.80. The van der Waals surface area contributed by atoms with E-state index in [0.29, 0.717) is 37.2 Å². The van der Waals surface area contributed by atoms with Gasteiger partial charge in [-0.05, 0) is 48.5 Å². The molecule has 8 nitrogen and oxygen atoms in total. The van der Waals surface area contributed by atoms with Crippen LogP contribution in [-0.4, -0.2) is 66.6 Å². The Morgan fingerprint density at radius 1 is 0.788 bits per heavy atom. The second-order valence-corrected chi connectivity index (χ2v) is 10.3. The van der Waals surface area contributed by atoms with Crippen molar-refractivity contribution in [2.75, 3.05) is 26.4 Å². The molecule has 10 heteroatoms. The number of hydrogen-bond acceptors (Lipinski definition) is 8. The Bertz CT molecular complexity index is 830. The Kier molecular flexibility index (Phi) is 8.53. The standard InChI is InChI=1S/C21H29BN3O3.C2H6O2.Zn/c1-19(2)12-26-16(23-19)22(15-10-8-7-9-11-15,17-24-20(3,4)13-27-17)18-25-21(5,6)14-28-18;1-2-4-3;/h7-11H,12-14H2,1-6H3;3H,2H2,1H3;/q-1;;+2/p-1. The maximum Gasteiger partial charge on any atom is 2.00 e. The first-order valence-corrected chi connectivity index (χ1v) is 11.1. The van der Waals surface area contributed by atoms with Crippen LogP contribution in [0, 0.1) is 0 Å². The molecular weight excluding hydrogens is 474 g/mol. The van der Waals surface area contributed by atoms with Crippen LogP contribution in [0.5, 0.6) is 0 Å². The maximum absolute atomic E-state index is 8.80. The zero-order valence-electron chi connectivity index (χ0n) is 20.9. The molecular formula is C23H34BN3O5Zn. The van der Waals surface area contributed by atoms with Crippen LogP contribution >= 0.6 is 0 Å². The van der Waals surface area contributed by atoms with E-state index in [0.717, 1.165) is 5.46 Å². The fourth-order valence-electron chi connectivity index (χ4n) is 3.99. The first-order valence-electron chi connectivity index (χ1n) is 11.1. The van der Waals surface area contributed by atoms with E-state index in [1.807, 2.05) is 18.2 Å². The van der Waals surface area contributed by atoms with E-state index in [9.17, 15) is 0 Å². The van der Waals surface area contributed by atoms with Gasteiger partial charge in [0.1, 0.15) is 19.8 Å². The Balaban J connectivity index is 0.000000714. The molecule has 3 aliphatic rings. The zero-order chi connectivity index (χ0) is 23.6. The summed E-state index contributed by atoms with van der Waals surface area (Å²) in [4.78, 5) is 18.2. The van der Waals surface area contributed by atoms with E-state index in [1.54, 1.807) is 6.92 Å². The summed E-state index contributed by atoms with van der Waals surface area (Å²) in [7, 11) is 0. The van der Waals surface area contributed by atoms with Gasteiger partial charge in [0.15, 0.2) is 0 Å². The molecule has 4 rings (SSSR count). The van der Waals surface area contributed by atoms with Crippen molar-refractivity contribution in [2.24, 2.45) is 15.0 Å². The molecule has 0 radical (unpaired) electrons. The predicted octanol–water partition coefficient (Wildman–Crippen LogP) is 1.88. The number of aliphatic imine (C=N–C) groups is 3. The number of nitrogens with zero attached hydrogens (tertiary/aromatic N) is 3. The van der Waals surface area contributed by atoms with Crippen molar-refractivity contribution in [3.05, 3.63) is 30.3 Å². The van der Waals surface area contributed by atoms with E-state index in [1.165, 1.54) is 0 Å². The van der Waals surface area contributed by atoms with Crippen LogP contribution in [0.25, 0.3) is 0 Å². The van der Waals surface area contributed by atoms with Crippen LogP contribution in [0.2, 0.25) is 0 Å². The first-order chi connectivity index (χ1) is 15.0. The summed E-state index contributed by atoms with van der Waals surface area (Å²) in [5.74, 6) is 1.80. The fourth-order valence-corrected chi connectivity index (χ4v) is 3.99. The molecule has 0 saturated carbocycles. The Hall–Kier alpha value is -1.76. The van der Waals surface area contributed by atoms with Gasteiger partial charge in [-0.3, -0.25) is 15.0 Å². The number of rotatable bonds is 5. The van der Waals surface area contributed by atoms with E-state index < -0.39 is 6.15 Å². The van der Waals surface area contributed by atoms with Crippen molar-refractivity contribution in [1.82, 2.24) is 0 Å². The van der Waals surface area contributed by atoms with Crippen LogP contribution < -0.4 is 10.7 Å². The molecule has 0 bridgehead atoms. The molecule has 0 spiro atoms. The molecule has 0 fully saturated rings. The third-order valence-electron chi connectivity index (χ3n) is 5.49. The Morgan fingerprint density at radius 2 is 1.12 bits per heavy atom. The normalized spacial score (nSPS) is 21.8. The van der Waals surface area contributed by atoms with Gasteiger partial charge in [0.05, 0.1) is 16.6 Å². The van der Waals surface area contributed by atoms with Crippen LogP contribution in [0.3, 0.4) is 0 Å². The van der Waals surface area contributed by atoms with Gasteiger partial charge in [-0.1, -0.05) is 30.3 Å². The number of benzene rings is 1. The van der Waals surface area contributed by atoms with E-state index >= 15 is 0 Å². The molecule has 0 unspecified atom stereocenters. The SMILES string of the molecule is CC1(C)COC([B-](C2=NC(C)(C)CO2)(C2=NC(C)(C)CO2)c2ccccc2)=N1.CCO[O-].[Zn+2]. The topological polar surface area (TPSA) is 97.1 Å². The van der Waals surface area contributed by atoms with Crippen molar-refractivity contribution in [1.29, 1.82) is 0 Å². The second kappa shape index (κ2) is 10.2. The van der Waals surface area contributed by atoms with E-state index in [2.05, 4.69) is 58.6 Å². The Morgan fingerprint density at radius 3 is 1.36 bits per heavy atom. The van der Waals surface area contributed by atoms with Gasteiger partial charge < -0.3 is 24.4 Å². The van der Waals surface area contributed by atoms with Crippen LogP contribution in [0.4, 0.5) is 0 Å². The quantitative estimate of drug-likeness (QED) is 0.344. The Labute approximate surface area is 209 Å². The van der Waals surface area contributed by atoms with Crippen molar-refractivity contribution in [3.8, 4) is 0 Å². The van der Waals surface area contributed by atoms with Gasteiger partial charge in [0.2, 0.25) is 0 Å². The molecule has 0 amide bonds. The van der Waals surface area contributed by atoms with E-state index in [-0.39, 0.29) is 42.7 Å². The second-order valence-electron chi connectivity index (χ2n) is 10.3. The predicted molar refractivity (Wildman–Crippen MR) is 126 cm³/mol. The molecule has 3 aliphatic heterocycles. The summed E-state index contributed by atoms with van der Waals surface area (Å²) < 4.78 is 18.6. The minimum Gasteiger partial charge on any atom is -0.723 e. The van der Waals surface area contributed by atoms with Crippen LogP contribution in [0.1, 0.15) is 48.5 Å². The van der Waals surface area contributed by atoms with Gasteiger partial charge in [-0.15, -0.1) is 0 Å². The molecule has 33 heavy (non-hydrogen) atoms. The molecule has 1 aromatic carbocycles. The summed E-state index contributed by atoms with van der Waals surface area (Å²) in [6.45, 7) is 15.8. The smallest absolute Gasteiger partial charge is 0.723 e. The van der Waals surface area contributed by atoms with Crippen LogP contribution in [-0.2, 0) is 38.6 Å². The summed E-state index contributed by atoms with van der Waals surface area (Å²) in [6, 6.07) is 10.1. The average molecular weight is 509 g/mol. The van der Waals surface area contributed by atoms with E-state index in [4.69, 9.17) is 34.4 Å². The molecule has 176 valence electrons. The molecule has 0 atom stereocenters.